The Morgan fingerprint density at radius 1 is 1.42 bits per heavy atom. The number of carbonyl (C=O) groups is 1. The lowest BCUT2D eigenvalue weighted by atomic mass is 10.1. The van der Waals surface area contributed by atoms with Crippen molar-refractivity contribution in [3.63, 3.8) is 0 Å². The first-order valence-electron chi connectivity index (χ1n) is 7.47. The van der Waals surface area contributed by atoms with Gasteiger partial charge in [0, 0.05) is 17.8 Å². The zero-order chi connectivity index (χ0) is 17.3. The van der Waals surface area contributed by atoms with Crippen LogP contribution in [0.4, 0.5) is 5.82 Å². The summed E-state index contributed by atoms with van der Waals surface area (Å²) in [4.78, 5) is 31.2. The lowest BCUT2D eigenvalue weighted by Gasteiger charge is -2.08. The molecule has 0 saturated heterocycles. The Kier molecular flexibility index (Phi) is 4.03. The number of aromatic amines is 1. The molecule has 3 rings (SSSR count). The van der Waals surface area contributed by atoms with Gasteiger partial charge >= 0.3 is 0 Å². The summed E-state index contributed by atoms with van der Waals surface area (Å²) in [5.41, 5.74) is 1.02. The third-order valence-electron chi connectivity index (χ3n) is 3.45. The van der Waals surface area contributed by atoms with E-state index in [0.717, 1.165) is 0 Å². The fourth-order valence-corrected chi connectivity index (χ4v) is 2.25. The highest BCUT2D eigenvalue weighted by molar-refractivity contribution is 6.01. The minimum Gasteiger partial charge on any atom is -0.459 e. The maximum atomic E-state index is 12.1. The van der Waals surface area contributed by atoms with Crippen LogP contribution in [0.2, 0.25) is 0 Å². The van der Waals surface area contributed by atoms with E-state index in [-0.39, 0.29) is 23.2 Å². The smallest absolute Gasteiger partial charge is 0.292 e. The molecule has 0 radical (unpaired) electrons. The second-order valence-corrected chi connectivity index (χ2v) is 5.66. The fraction of sp³-hybridized carbons (Fsp3) is 0.250. The Labute approximate surface area is 137 Å². The molecule has 1 amide bonds. The number of carbonyl (C=O) groups excluding carboxylic acids is 1. The zero-order valence-electron chi connectivity index (χ0n) is 13.5. The number of amides is 1. The minimum absolute atomic E-state index is 0.0628. The van der Waals surface area contributed by atoms with Crippen molar-refractivity contribution in [3.8, 4) is 5.95 Å². The summed E-state index contributed by atoms with van der Waals surface area (Å²) in [6, 6.07) is 4.86. The van der Waals surface area contributed by atoms with Crippen LogP contribution >= 0.6 is 0 Å². The van der Waals surface area contributed by atoms with Crippen LogP contribution in [0, 0.1) is 6.92 Å². The largest absolute Gasteiger partial charge is 0.459 e. The van der Waals surface area contributed by atoms with E-state index in [1.54, 1.807) is 25.1 Å². The van der Waals surface area contributed by atoms with Crippen LogP contribution in [0.1, 0.15) is 41.6 Å². The number of nitrogens with zero attached hydrogens (tertiary/aromatic N) is 3. The van der Waals surface area contributed by atoms with Gasteiger partial charge in [-0.15, -0.1) is 0 Å². The number of furan rings is 1. The van der Waals surface area contributed by atoms with Gasteiger partial charge in [-0.1, -0.05) is 13.8 Å². The average molecular weight is 327 g/mol. The molecule has 0 bridgehead atoms. The molecule has 24 heavy (non-hydrogen) atoms. The highest BCUT2D eigenvalue weighted by Gasteiger charge is 2.16. The molecule has 0 aliphatic heterocycles. The van der Waals surface area contributed by atoms with E-state index in [1.807, 2.05) is 13.8 Å². The van der Waals surface area contributed by atoms with Gasteiger partial charge in [-0.2, -0.15) is 9.78 Å². The van der Waals surface area contributed by atoms with Gasteiger partial charge in [0.25, 0.3) is 11.5 Å². The number of rotatable bonds is 4. The molecule has 0 unspecified atom stereocenters. The summed E-state index contributed by atoms with van der Waals surface area (Å²) >= 11 is 0. The first-order valence-corrected chi connectivity index (χ1v) is 7.47. The topological polar surface area (TPSA) is 106 Å². The molecule has 2 N–H and O–H groups in total. The Hall–Kier alpha value is -3.16. The van der Waals surface area contributed by atoms with Crippen molar-refractivity contribution < 1.29 is 9.21 Å². The Morgan fingerprint density at radius 2 is 2.21 bits per heavy atom. The number of hydrogen-bond donors (Lipinski definition) is 2. The molecular formula is C16H17N5O3. The first kappa shape index (κ1) is 15.7. The number of nitrogens with one attached hydrogen (secondary N) is 2. The van der Waals surface area contributed by atoms with E-state index in [2.05, 4.69) is 20.4 Å². The summed E-state index contributed by atoms with van der Waals surface area (Å²) in [5.74, 6) is 0.439. The summed E-state index contributed by atoms with van der Waals surface area (Å²) < 4.78 is 6.44. The quantitative estimate of drug-likeness (QED) is 0.764. The molecule has 3 aromatic rings. The Morgan fingerprint density at radius 3 is 2.83 bits per heavy atom. The van der Waals surface area contributed by atoms with Crippen molar-refractivity contribution >= 4 is 11.7 Å². The highest BCUT2D eigenvalue weighted by atomic mass is 16.3. The van der Waals surface area contributed by atoms with E-state index in [9.17, 15) is 9.59 Å². The molecule has 0 spiro atoms. The van der Waals surface area contributed by atoms with Gasteiger partial charge < -0.3 is 9.73 Å². The predicted octanol–water partition coefficient (Wildman–Crippen LogP) is 2.23. The molecule has 0 saturated carbocycles. The number of hydrogen-bond acceptors (Lipinski definition) is 5. The molecule has 3 aromatic heterocycles. The van der Waals surface area contributed by atoms with Crippen molar-refractivity contribution in [2.24, 2.45) is 0 Å². The van der Waals surface area contributed by atoms with Crippen LogP contribution in [0.3, 0.4) is 0 Å². The summed E-state index contributed by atoms with van der Waals surface area (Å²) in [6.07, 6.45) is 2.94. The monoisotopic (exact) mass is 327 g/mol. The Balaban J connectivity index is 1.96. The molecule has 0 atom stereocenters. The number of anilines is 1. The van der Waals surface area contributed by atoms with Crippen LogP contribution in [-0.4, -0.2) is 25.7 Å². The van der Waals surface area contributed by atoms with Gasteiger partial charge in [-0.05, 0) is 25.0 Å². The van der Waals surface area contributed by atoms with Crippen LogP contribution in [0.25, 0.3) is 5.95 Å². The molecule has 0 aliphatic carbocycles. The molecular weight excluding hydrogens is 310 g/mol. The van der Waals surface area contributed by atoms with Gasteiger partial charge in [-0.3, -0.25) is 14.6 Å². The lowest BCUT2D eigenvalue weighted by molar-refractivity contribution is 0.0996. The SMILES string of the molecule is Cc1cc(NC(=O)c2ccco2)n(-c2ncc(C(C)C)c(=O)[nH]2)n1. The van der Waals surface area contributed by atoms with Crippen LogP contribution in [0.5, 0.6) is 0 Å². The molecule has 0 fully saturated rings. The van der Waals surface area contributed by atoms with Gasteiger partial charge in [0.1, 0.15) is 5.82 Å². The van der Waals surface area contributed by atoms with E-state index >= 15 is 0 Å². The van der Waals surface area contributed by atoms with Gasteiger partial charge in [0.05, 0.1) is 12.0 Å². The second kappa shape index (κ2) is 6.15. The number of aromatic nitrogens is 4. The summed E-state index contributed by atoms with van der Waals surface area (Å²) in [6.45, 7) is 5.61. The maximum Gasteiger partial charge on any atom is 0.292 e. The van der Waals surface area contributed by atoms with Crippen molar-refractivity contribution in [3.05, 3.63) is 58.0 Å². The molecule has 3 heterocycles. The van der Waals surface area contributed by atoms with Crippen molar-refractivity contribution in [2.75, 3.05) is 5.32 Å². The van der Waals surface area contributed by atoms with Crippen molar-refractivity contribution in [2.45, 2.75) is 26.7 Å². The highest BCUT2D eigenvalue weighted by Crippen LogP contribution is 2.16. The zero-order valence-corrected chi connectivity index (χ0v) is 13.5. The Bertz CT molecular complexity index is 922. The normalized spacial score (nSPS) is 11.0. The third kappa shape index (κ3) is 2.98. The van der Waals surface area contributed by atoms with E-state index < -0.39 is 5.91 Å². The third-order valence-corrected chi connectivity index (χ3v) is 3.45. The van der Waals surface area contributed by atoms with Crippen LogP contribution in [0.15, 0.2) is 39.9 Å². The van der Waals surface area contributed by atoms with Crippen molar-refractivity contribution in [1.82, 2.24) is 19.7 Å². The molecule has 124 valence electrons. The standard InChI is InChI=1S/C16H17N5O3/c1-9(2)11-8-17-16(19-14(11)22)21-13(7-10(3)20-21)18-15(23)12-5-4-6-24-12/h4-9H,1-3H3,(H,18,23)(H,17,19,22). The van der Waals surface area contributed by atoms with Gasteiger partial charge in [0.2, 0.25) is 5.95 Å². The van der Waals surface area contributed by atoms with Crippen LogP contribution < -0.4 is 10.9 Å². The van der Waals surface area contributed by atoms with Crippen molar-refractivity contribution in [1.29, 1.82) is 0 Å². The molecule has 8 heteroatoms. The maximum absolute atomic E-state index is 12.1. The summed E-state index contributed by atoms with van der Waals surface area (Å²) in [5, 5.41) is 6.96. The fourth-order valence-electron chi connectivity index (χ4n) is 2.25. The average Bonchev–Trinajstić information content (AvgIpc) is 3.16. The number of H-pyrrole nitrogens is 1. The van der Waals surface area contributed by atoms with E-state index in [1.165, 1.54) is 17.1 Å². The lowest BCUT2D eigenvalue weighted by Crippen LogP contribution is -2.20. The minimum atomic E-state index is -0.415. The molecule has 0 aromatic carbocycles. The molecule has 0 aliphatic rings. The van der Waals surface area contributed by atoms with Gasteiger partial charge in [0.15, 0.2) is 5.76 Å². The van der Waals surface area contributed by atoms with Gasteiger partial charge in [-0.25, -0.2) is 4.98 Å². The second-order valence-electron chi connectivity index (χ2n) is 5.66. The molecule has 8 nitrogen and oxygen atoms in total. The van der Waals surface area contributed by atoms with E-state index in [4.69, 9.17) is 4.42 Å². The van der Waals surface area contributed by atoms with Crippen LogP contribution in [-0.2, 0) is 0 Å². The number of aryl methyl sites for hydroxylation is 1. The van der Waals surface area contributed by atoms with E-state index in [0.29, 0.717) is 17.1 Å². The first-order chi connectivity index (χ1) is 11.5. The summed E-state index contributed by atoms with van der Waals surface area (Å²) in [7, 11) is 0. The predicted molar refractivity (Wildman–Crippen MR) is 87.5 cm³/mol.